The van der Waals surface area contributed by atoms with Gasteiger partial charge < -0.3 is 9.64 Å². The molecular weight excluding hydrogens is 346 g/mol. The number of ether oxygens (including phenoxy) is 1. The lowest BCUT2D eigenvalue weighted by atomic mass is 9.85. The van der Waals surface area contributed by atoms with Crippen molar-refractivity contribution in [2.45, 2.75) is 24.5 Å². The number of likely N-dealkylation sites (N-methyl/N-ethyl adjacent to an activating group) is 1. The molecule has 0 spiro atoms. The van der Waals surface area contributed by atoms with E-state index < -0.39 is 0 Å². The quantitative estimate of drug-likeness (QED) is 0.628. The Morgan fingerprint density at radius 1 is 0.893 bits per heavy atom. The number of likely N-dealkylation sites (tertiary alicyclic amines) is 1. The molecule has 3 atom stereocenters. The first kappa shape index (κ1) is 18.5. The molecule has 0 aromatic heterocycles. The molecule has 0 N–H and O–H groups in total. The summed E-state index contributed by atoms with van der Waals surface area (Å²) in [4.78, 5) is 14.4. The molecule has 0 radical (unpaired) electrons. The highest BCUT2D eigenvalue weighted by molar-refractivity contribution is 5.80. The third-order valence-corrected chi connectivity index (χ3v) is 5.76. The fraction of sp³-hybridized carbons (Fsp3) is 0.240. The molecule has 3 heteroatoms. The van der Waals surface area contributed by atoms with Gasteiger partial charge in [0.1, 0.15) is 6.10 Å². The monoisotopic (exact) mass is 371 g/mol. The van der Waals surface area contributed by atoms with E-state index in [-0.39, 0.29) is 24.0 Å². The summed E-state index contributed by atoms with van der Waals surface area (Å²) in [5.74, 6) is 0.282. The van der Waals surface area contributed by atoms with Gasteiger partial charge in [-0.3, -0.25) is 4.79 Å². The van der Waals surface area contributed by atoms with Crippen LogP contribution in [0.2, 0.25) is 0 Å². The molecule has 1 amide bonds. The van der Waals surface area contributed by atoms with Crippen molar-refractivity contribution >= 4 is 5.91 Å². The predicted octanol–water partition coefficient (Wildman–Crippen LogP) is 5.06. The number of nitrogens with zero attached hydrogens (tertiary/aromatic N) is 1. The standard InChI is InChI=1S/C25H25NO2/c1-26-23(27)17-22(19-12-7-4-8-13-19)24(26)25(28-2)21-15-9-14-20(16-21)18-10-5-3-6-11-18/h3-16,22,24-25H,17H2,1-2H3/t22-,24-,25+/m1/s1. The van der Waals surface area contributed by atoms with Crippen LogP contribution in [-0.4, -0.2) is 31.0 Å². The zero-order valence-electron chi connectivity index (χ0n) is 16.3. The van der Waals surface area contributed by atoms with Gasteiger partial charge in [-0.2, -0.15) is 0 Å². The van der Waals surface area contributed by atoms with E-state index in [4.69, 9.17) is 4.74 Å². The van der Waals surface area contributed by atoms with E-state index >= 15 is 0 Å². The Labute approximate surface area is 166 Å². The highest BCUT2D eigenvalue weighted by Crippen LogP contribution is 2.41. The van der Waals surface area contributed by atoms with E-state index in [2.05, 4.69) is 48.5 Å². The van der Waals surface area contributed by atoms with Crippen molar-refractivity contribution in [3.05, 3.63) is 96.1 Å². The average Bonchev–Trinajstić information content (AvgIpc) is 3.05. The number of hydrogen-bond acceptors (Lipinski definition) is 2. The van der Waals surface area contributed by atoms with Crippen molar-refractivity contribution in [2.24, 2.45) is 0 Å². The van der Waals surface area contributed by atoms with Crippen LogP contribution in [0.25, 0.3) is 11.1 Å². The van der Waals surface area contributed by atoms with Crippen LogP contribution >= 0.6 is 0 Å². The maximum Gasteiger partial charge on any atom is 0.223 e. The number of hydrogen-bond donors (Lipinski definition) is 0. The van der Waals surface area contributed by atoms with Crippen LogP contribution < -0.4 is 0 Å². The van der Waals surface area contributed by atoms with Crippen molar-refractivity contribution in [2.75, 3.05) is 14.2 Å². The Morgan fingerprint density at radius 2 is 1.54 bits per heavy atom. The van der Waals surface area contributed by atoms with Crippen molar-refractivity contribution in [3.8, 4) is 11.1 Å². The molecule has 1 aliphatic heterocycles. The molecule has 142 valence electrons. The summed E-state index contributed by atoms with van der Waals surface area (Å²) in [6.07, 6.45) is 0.328. The molecule has 0 saturated carbocycles. The number of amides is 1. The maximum atomic E-state index is 12.6. The highest BCUT2D eigenvalue weighted by Gasteiger charge is 2.43. The Kier molecular flexibility index (Phi) is 5.27. The highest BCUT2D eigenvalue weighted by atomic mass is 16.5. The van der Waals surface area contributed by atoms with Gasteiger partial charge in [-0.1, -0.05) is 78.9 Å². The first-order chi connectivity index (χ1) is 13.7. The van der Waals surface area contributed by atoms with Crippen LogP contribution in [0, 0.1) is 0 Å². The first-order valence-corrected chi connectivity index (χ1v) is 9.68. The van der Waals surface area contributed by atoms with Crippen molar-refractivity contribution in [1.29, 1.82) is 0 Å². The van der Waals surface area contributed by atoms with E-state index in [1.807, 2.05) is 48.3 Å². The summed E-state index contributed by atoms with van der Waals surface area (Å²) in [6, 6.07) is 29.1. The van der Waals surface area contributed by atoms with Crippen LogP contribution in [-0.2, 0) is 9.53 Å². The smallest absolute Gasteiger partial charge is 0.223 e. The van der Waals surface area contributed by atoms with Crippen molar-refractivity contribution in [1.82, 2.24) is 4.90 Å². The number of benzene rings is 3. The van der Waals surface area contributed by atoms with Gasteiger partial charge in [0.15, 0.2) is 0 Å². The minimum absolute atomic E-state index is 0.0362. The molecule has 1 heterocycles. The summed E-state index contributed by atoms with van der Waals surface area (Å²) >= 11 is 0. The second-order valence-electron chi connectivity index (χ2n) is 7.36. The van der Waals surface area contributed by atoms with E-state index in [1.54, 1.807) is 7.11 Å². The van der Waals surface area contributed by atoms with E-state index in [1.165, 1.54) is 11.1 Å². The van der Waals surface area contributed by atoms with Gasteiger partial charge in [0.2, 0.25) is 5.91 Å². The second-order valence-corrected chi connectivity index (χ2v) is 7.36. The van der Waals surface area contributed by atoms with Crippen molar-refractivity contribution < 1.29 is 9.53 Å². The van der Waals surface area contributed by atoms with Gasteiger partial charge in [-0.25, -0.2) is 0 Å². The Hall–Kier alpha value is -2.91. The fourth-order valence-electron chi connectivity index (χ4n) is 4.32. The largest absolute Gasteiger partial charge is 0.375 e. The van der Waals surface area contributed by atoms with Crippen molar-refractivity contribution in [3.63, 3.8) is 0 Å². The van der Waals surface area contributed by atoms with E-state index in [0.717, 1.165) is 11.1 Å². The minimum Gasteiger partial charge on any atom is -0.375 e. The van der Waals surface area contributed by atoms with Gasteiger partial charge in [0.05, 0.1) is 6.04 Å². The van der Waals surface area contributed by atoms with E-state index in [0.29, 0.717) is 6.42 Å². The minimum atomic E-state index is -0.190. The molecule has 4 rings (SSSR count). The zero-order chi connectivity index (χ0) is 19.5. The molecule has 0 bridgehead atoms. The third-order valence-electron chi connectivity index (χ3n) is 5.76. The zero-order valence-corrected chi connectivity index (χ0v) is 16.3. The topological polar surface area (TPSA) is 29.5 Å². The molecule has 0 aliphatic carbocycles. The molecule has 3 aromatic rings. The lowest BCUT2D eigenvalue weighted by Gasteiger charge is -2.32. The number of methoxy groups -OCH3 is 1. The molecule has 0 unspecified atom stereocenters. The van der Waals surface area contributed by atoms with Crippen LogP contribution in [0.15, 0.2) is 84.9 Å². The van der Waals surface area contributed by atoms with Crippen LogP contribution in [0.5, 0.6) is 0 Å². The molecule has 3 aromatic carbocycles. The van der Waals surface area contributed by atoms with Gasteiger partial charge in [0.25, 0.3) is 0 Å². The molecule has 28 heavy (non-hydrogen) atoms. The molecule has 1 fully saturated rings. The average molecular weight is 371 g/mol. The maximum absolute atomic E-state index is 12.6. The van der Waals surface area contributed by atoms with Gasteiger partial charge >= 0.3 is 0 Å². The summed E-state index contributed by atoms with van der Waals surface area (Å²) in [5.41, 5.74) is 4.61. The van der Waals surface area contributed by atoms with Crippen LogP contribution in [0.4, 0.5) is 0 Å². The molecule has 1 aliphatic rings. The summed E-state index contributed by atoms with van der Waals surface area (Å²) in [6.45, 7) is 0. The first-order valence-electron chi connectivity index (χ1n) is 9.68. The van der Waals surface area contributed by atoms with Gasteiger partial charge in [-0.05, 0) is 28.3 Å². The Morgan fingerprint density at radius 3 is 2.21 bits per heavy atom. The lowest BCUT2D eigenvalue weighted by Crippen LogP contribution is -2.37. The predicted molar refractivity (Wildman–Crippen MR) is 112 cm³/mol. The SMILES string of the molecule is CO[C@@H](c1cccc(-c2ccccc2)c1)[C@H]1[C@@H](c2ccccc2)CC(=O)N1C. The lowest BCUT2D eigenvalue weighted by molar-refractivity contribution is -0.129. The van der Waals surface area contributed by atoms with Gasteiger partial charge in [-0.15, -0.1) is 0 Å². The summed E-state index contributed by atoms with van der Waals surface area (Å²) in [5, 5.41) is 0. The Balaban J connectivity index is 1.72. The van der Waals surface area contributed by atoms with Crippen LogP contribution in [0.3, 0.4) is 0 Å². The Bertz CT molecular complexity index is 939. The summed E-state index contributed by atoms with van der Waals surface area (Å²) < 4.78 is 5.99. The molecule has 1 saturated heterocycles. The second kappa shape index (κ2) is 7.99. The van der Waals surface area contributed by atoms with E-state index in [9.17, 15) is 4.79 Å². The molecular formula is C25H25NO2. The number of carbonyl (C=O) groups is 1. The number of carbonyl (C=O) groups excluding carboxylic acids is 1. The van der Waals surface area contributed by atoms with Crippen LogP contribution in [0.1, 0.15) is 29.6 Å². The molecule has 3 nitrogen and oxygen atoms in total. The fourth-order valence-corrected chi connectivity index (χ4v) is 4.32. The third kappa shape index (κ3) is 3.46. The summed E-state index contributed by atoms with van der Waals surface area (Å²) in [7, 11) is 3.63. The normalized spacial score (nSPS) is 20.4. The number of rotatable bonds is 5. The van der Waals surface area contributed by atoms with Gasteiger partial charge in [0, 0.05) is 26.5 Å².